The summed E-state index contributed by atoms with van der Waals surface area (Å²) in [5.41, 5.74) is -0.187. The van der Waals surface area contributed by atoms with Gasteiger partial charge < -0.3 is 4.74 Å². The molecule has 0 radical (unpaired) electrons. The quantitative estimate of drug-likeness (QED) is 0.831. The third-order valence-electron chi connectivity index (χ3n) is 2.07. The first kappa shape index (κ1) is 14.7. The number of thiazole rings is 1. The van der Waals surface area contributed by atoms with Crippen molar-refractivity contribution in [1.29, 1.82) is 0 Å². The molecule has 0 aliphatic carbocycles. The van der Waals surface area contributed by atoms with Gasteiger partial charge in [0.05, 0.1) is 17.7 Å². The SMILES string of the molecule is COC(=O)C1=NS(=O)NC(c2cnc(C(F)(F)F)s2)=C1. The van der Waals surface area contributed by atoms with Crippen LogP contribution in [0, 0.1) is 0 Å². The first-order valence-electron chi connectivity index (χ1n) is 4.92. The van der Waals surface area contributed by atoms with Crippen LogP contribution in [-0.2, 0) is 26.9 Å². The van der Waals surface area contributed by atoms with E-state index in [1.54, 1.807) is 0 Å². The van der Waals surface area contributed by atoms with Gasteiger partial charge in [-0.3, -0.25) is 4.72 Å². The number of alkyl halides is 3. The standard InChI is InChI=1S/C9H6F3N3O3S2/c1-18-7(16)5-2-4(14-20(17)15-5)6-3-13-8(19-6)9(10,11)12/h2-3,14H,1H3. The number of hydrogen-bond donors (Lipinski definition) is 1. The second kappa shape index (κ2) is 5.32. The molecule has 0 saturated carbocycles. The summed E-state index contributed by atoms with van der Waals surface area (Å²) in [5.74, 6) is -0.835. The average Bonchev–Trinajstić information content (AvgIpc) is 2.86. The first-order chi connectivity index (χ1) is 9.31. The van der Waals surface area contributed by atoms with Crippen LogP contribution in [0.4, 0.5) is 13.2 Å². The van der Waals surface area contributed by atoms with Crippen LogP contribution >= 0.6 is 11.3 Å². The van der Waals surface area contributed by atoms with Crippen molar-refractivity contribution in [1.82, 2.24) is 9.71 Å². The van der Waals surface area contributed by atoms with Crippen molar-refractivity contribution in [3.63, 3.8) is 0 Å². The Morgan fingerprint density at radius 2 is 2.20 bits per heavy atom. The highest BCUT2D eigenvalue weighted by atomic mass is 32.2. The fraction of sp³-hybridized carbons (Fsp3) is 0.222. The van der Waals surface area contributed by atoms with Crippen molar-refractivity contribution in [2.75, 3.05) is 7.11 Å². The Morgan fingerprint density at radius 3 is 2.75 bits per heavy atom. The molecule has 0 fully saturated rings. The van der Waals surface area contributed by atoms with Crippen LogP contribution < -0.4 is 4.72 Å². The maximum Gasteiger partial charge on any atom is 0.443 e. The molecular formula is C9H6F3N3O3S2. The lowest BCUT2D eigenvalue weighted by molar-refractivity contribution is -0.137. The number of halogens is 3. The molecule has 1 aliphatic rings. The van der Waals surface area contributed by atoms with Gasteiger partial charge >= 0.3 is 12.1 Å². The largest absolute Gasteiger partial charge is 0.464 e. The molecule has 1 aromatic heterocycles. The number of rotatable bonds is 2. The molecule has 2 heterocycles. The van der Waals surface area contributed by atoms with Crippen molar-refractivity contribution >= 4 is 39.9 Å². The molecule has 0 bridgehead atoms. The maximum atomic E-state index is 12.5. The number of hydrogen-bond acceptors (Lipinski definition) is 5. The number of nitrogens with one attached hydrogen (secondary N) is 1. The topological polar surface area (TPSA) is 80.6 Å². The van der Waals surface area contributed by atoms with Gasteiger partial charge in [-0.15, -0.1) is 11.3 Å². The van der Waals surface area contributed by atoms with Gasteiger partial charge in [-0.2, -0.15) is 17.6 Å². The second-order valence-electron chi connectivity index (χ2n) is 3.40. The molecule has 0 spiro atoms. The highest BCUT2D eigenvalue weighted by molar-refractivity contribution is 7.82. The van der Waals surface area contributed by atoms with Crippen LogP contribution in [0.2, 0.25) is 0 Å². The van der Waals surface area contributed by atoms with Crippen LogP contribution in [0.15, 0.2) is 16.7 Å². The van der Waals surface area contributed by atoms with E-state index >= 15 is 0 Å². The van der Waals surface area contributed by atoms with Crippen molar-refractivity contribution in [3.8, 4) is 0 Å². The average molecular weight is 325 g/mol. The molecule has 2 rings (SSSR count). The minimum atomic E-state index is -4.56. The van der Waals surface area contributed by atoms with E-state index in [2.05, 4.69) is 18.8 Å². The molecule has 20 heavy (non-hydrogen) atoms. The number of ether oxygens (including phenoxy) is 1. The molecule has 11 heteroatoms. The third-order valence-corrected chi connectivity index (χ3v) is 3.90. The van der Waals surface area contributed by atoms with Crippen LogP contribution in [0.5, 0.6) is 0 Å². The normalized spacial score (nSPS) is 18.9. The van der Waals surface area contributed by atoms with Crippen molar-refractivity contribution in [2.24, 2.45) is 4.40 Å². The van der Waals surface area contributed by atoms with Gasteiger partial charge in [-0.05, 0) is 6.08 Å². The third kappa shape index (κ3) is 3.04. The van der Waals surface area contributed by atoms with Gasteiger partial charge in [-0.25, -0.2) is 14.0 Å². The summed E-state index contributed by atoms with van der Waals surface area (Å²) in [5, 5.41) is -1.04. The molecule has 1 unspecified atom stereocenters. The summed E-state index contributed by atoms with van der Waals surface area (Å²) < 4.78 is 59.0. The molecule has 1 atom stereocenters. The lowest BCUT2D eigenvalue weighted by Gasteiger charge is -2.11. The summed E-state index contributed by atoms with van der Waals surface area (Å²) >= 11 is -1.61. The van der Waals surface area contributed by atoms with E-state index < -0.39 is 28.3 Å². The number of carbonyl (C=O) groups excluding carboxylic acids is 1. The predicted molar refractivity (Wildman–Crippen MR) is 65.8 cm³/mol. The first-order valence-corrected chi connectivity index (χ1v) is 6.84. The molecule has 0 saturated heterocycles. The molecular weight excluding hydrogens is 319 g/mol. The summed E-state index contributed by atoms with van der Waals surface area (Å²) in [6, 6.07) is 0. The number of esters is 1. The minimum absolute atomic E-state index is 0.0618. The van der Waals surface area contributed by atoms with E-state index in [0.29, 0.717) is 11.3 Å². The highest BCUT2D eigenvalue weighted by Gasteiger charge is 2.35. The van der Waals surface area contributed by atoms with Crippen LogP contribution in [0.1, 0.15) is 9.88 Å². The van der Waals surface area contributed by atoms with Gasteiger partial charge in [-0.1, -0.05) is 0 Å². The van der Waals surface area contributed by atoms with Crippen LogP contribution in [-0.4, -0.2) is 28.0 Å². The second-order valence-corrected chi connectivity index (χ2v) is 5.32. The maximum absolute atomic E-state index is 12.5. The fourth-order valence-electron chi connectivity index (χ4n) is 1.25. The molecule has 108 valence electrons. The molecule has 0 aromatic carbocycles. The molecule has 6 nitrogen and oxygen atoms in total. The Kier molecular flexibility index (Phi) is 3.90. The zero-order valence-corrected chi connectivity index (χ0v) is 11.4. The van der Waals surface area contributed by atoms with E-state index in [-0.39, 0.29) is 16.3 Å². The van der Waals surface area contributed by atoms with E-state index in [1.807, 2.05) is 0 Å². The van der Waals surface area contributed by atoms with Gasteiger partial charge in [0.25, 0.3) is 0 Å². The number of methoxy groups -OCH3 is 1. The number of nitrogens with zero attached hydrogens (tertiary/aromatic N) is 2. The smallest absolute Gasteiger partial charge is 0.443 e. The van der Waals surface area contributed by atoms with Crippen molar-refractivity contribution < 1.29 is 26.9 Å². The summed E-state index contributed by atoms with van der Waals surface area (Å²) in [6.07, 6.45) is -2.43. The Hall–Kier alpha value is -1.75. The zero-order valence-electron chi connectivity index (χ0n) is 9.72. The number of carbonyl (C=O) groups is 1. The summed E-state index contributed by atoms with van der Waals surface area (Å²) in [6.45, 7) is 0. The lowest BCUT2D eigenvalue weighted by atomic mass is 10.3. The Labute approximate surface area is 117 Å². The Bertz CT molecular complexity index is 636. The predicted octanol–water partition coefficient (Wildman–Crippen LogP) is 1.30. The molecule has 0 amide bonds. The van der Waals surface area contributed by atoms with Crippen molar-refractivity contribution in [3.05, 3.63) is 22.2 Å². The molecule has 1 aliphatic heterocycles. The van der Waals surface area contributed by atoms with Crippen LogP contribution in [0.3, 0.4) is 0 Å². The molecule has 1 aromatic rings. The Morgan fingerprint density at radius 1 is 1.50 bits per heavy atom. The lowest BCUT2D eigenvalue weighted by Crippen LogP contribution is -2.25. The summed E-state index contributed by atoms with van der Waals surface area (Å²) in [4.78, 5) is 14.6. The highest BCUT2D eigenvalue weighted by Crippen LogP contribution is 2.34. The number of aromatic nitrogens is 1. The molecule has 1 N–H and O–H groups in total. The fourth-order valence-corrected chi connectivity index (χ4v) is 2.78. The monoisotopic (exact) mass is 325 g/mol. The zero-order chi connectivity index (χ0) is 14.9. The van der Waals surface area contributed by atoms with Gasteiger partial charge in [0.1, 0.15) is 0 Å². The van der Waals surface area contributed by atoms with Gasteiger partial charge in [0.2, 0.25) is 11.2 Å². The van der Waals surface area contributed by atoms with E-state index in [1.165, 1.54) is 0 Å². The van der Waals surface area contributed by atoms with Gasteiger partial charge in [0, 0.05) is 6.20 Å². The van der Waals surface area contributed by atoms with E-state index in [9.17, 15) is 22.2 Å². The van der Waals surface area contributed by atoms with E-state index in [4.69, 9.17) is 0 Å². The van der Waals surface area contributed by atoms with Crippen LogP contribution in [0.25, 0.3) is 5.70 Å². The summed E-state index contributed by atoms with van der Waals surface area (Å²) in [7, 11) is 1.11. The van der Waals surface area contributed by atoms with Crippen molar-refractivity contribution in [2.45, 2.75) is 6.18 Å². The minimum Gasteiger partial charge on any atom is -0.464 e. The Balaban J connectivity index is 2.35. The van der Waals surface area contributed by atoms with E-state index in [0.717, 1.165) is 19.4 Å². The van der Waals surface area contributed by atoms with Gasteiger partial charge in [0.15, 0.2) is 10.7 Å².